The highest BCUT2D eigenvalue weighted by Crippen LogP contribution is 2.43. The first-order chi connectivity index (χ1) is 5.79. The third-order valence-electron chi connectivity index (χ3n) is 2.92. The van der Waals surface area contributed by atoms with E-state index in [0.717, 1.165) is 25.0 Å². The summed E-state index contributed by atoms with van der Waals surface area (Å²) in [7, 11) is 0. The third-order valence-corrected chi connectivity index (χ3v) is 2.92. The minimum Gasteiger partial charge on any atom is -0.501 e. The Morgan fingerprint density at radius 3 is 2.92 bits per heavy atom. The minimum atomic E-state index is -0.222. The van der Waals surface area contributed by atoms with Gasteiger partial charge in [-0.05, 0) is 36.7 Å². The van der Waals surface area contributed by atoms with Gasteiger partial charge in [0.05, 0.1) is 19.0 Å². The van der Waals surface area contributed by atoms with Gasteiger partial charge in [0.15, 0.2) is 0 Å². The summed E-state index contributed by atoms with van der Waals surface area (Å²) >= 11 is 0. The van der Waals surface area contributed by atoms with Crippen molar-refractivity contribution in [3.8, 4) is 0 Å². The molecule has 0 spiro atoms. The Hall–Kier alpha value is -0.500. The van der Waals surface area contributed by atoms with E-state index in [1.807, 2.05) is 0 Å². The smallest absolute Gasteiger partial charge is 0.0876 e. The van der Waals surface area contributed by atoms with Crippen molar-refractivity contribution in [2.45, 2.75) is 32.3 Å². The van der Waals surface area contributed by atoms with Gasteiger partial charge in [0.25, 0.3) is 0 Å². The van der Waals surface area contributed by atoms with Crippen molar-refractivity contribution in [1.82, 2.24) is 0 Å². The Bertz CT molecular complexity index is 198. The SMILES string of the molecule is CC1CC1C(O)C1=COCCC1. The predicted molar refractivity (Wildman–Crippen MR) is 46.5 cm³/mol. The van der Waals surface area contributed by atoms with Gasteiger partial charge in [0.1, 0.15) is 0 Å². The van der Waals surface area contributed by atoms with Crippen molar-refractivity contribution in [2.24, 2.45) is 11.8 Å². The second-order valence-electron chi connectivity index (χ2n) is 3.99. The summed E-state index contributed by atoms with van der Waals surface area (Å²) in [6, 6.07) is 0. The molecule has 3 atom stereocenters. The molecule has 2 nitrogen and oxygen atoms in total. The summed E-state index contributed by atoms with van der Waals surface area (Å²) in [4.78, 5) is 0. The average Bonchev–Trinajstić information content (AvgIpc) is 2.83. The summed E-state index contributed by atoms with van der Waals surface area (Å²) in [6.07, 6.45) is 4.80. The summed E-state index contributed by atoms with van der Waals surface area (Å²) in [5.41, 5.74) is 1.11. The lowest BCUT2D eigenvalue weighted by Crippen LogP contribution is -2.17. The van der Waals surface area contributed by atoms with Gasteiger partial charge < -0.3 is 9.84 Å². The number of aliphatic hydroxyl groups excluding tert-OH is 1. The zero-order valence-electron chi connectivity index (χ0n) is 7.49. The fourth-order valence-electron chi connectivity index (χ4n) is 1.87. The third kappa shape index (κ3) is 1.48. The highest BCUT2D eigenvalue weighted by Gasteiger charge is 2.40. The molecule has 0 amide bonds. The first kappa shape index (κ1) is 8.11. The Balaban J connectivity index is 1.94. The standard InChI is InChI=1S/C10H16O2/c1-7-5-9(7)10(11)8-3-2-4-12-6-8/h6-7,9-11H,2-5H2,1H3. The van der Waals surface area contributed by atoms with Gasteiger partial charge in [0.2, 0.25) is 0 Å². The van der Waals surface area contributed by atoms with E-state index in [0.29, 0.717) is 11.8 Å². The van der Waals surface area contributed by atoms with Crippen molar-refractivity contribution >= 4 is 0 Å². The van der Waals surface area contributed by atoms with Crippen LogP contribution in [0.3, 0.4) is 0 Å². The quantitative estimate of drug-likeness (QED) is 0.680. The van der Waals surface area contributed by atoms with Crippen LogP contribution in [0, 0.1) is 11.8 Å². The molecule has 3 unspecified atom stereocenters. The summed E-state index contributed by atoms with van der Waals surface area (Å²) in [5.74, 6) is 1.22. The molecule has 1 N–H and O–H groups in total. The fraction of sp³-hybridized carbons (Fsp3) is 0.800. The van der Waals surface area contributed by atoms with Crippen molar-refractivity contribution in [2.75, 3.05) is 6.61 Å². The van der Waals surface area contributed by atoms with Crippen LogP contribution in [0.4, 0.5) is 0 Å². The van der Waals surface area contributed by atoms with E-state index in [1.165, 1.54) is 6.42 Å². The van der Waals surface area contributed by atoms with E-state index in [2.05, 4.69) is 6.92 Å². The van der Waals surface area contributed by atoms with E-state index in [4.69, 9.17) is 4.74 Å². The van der Waals surface area contributed by atoms with E-state index in [-0.39, 0.29) is 6.10 Å². The van der Waals surface area contributed by atoms with Crippen LogP contribution in [-0.2, 0) is 4.74 Å². The predicted octanol–water partition coefficient (Wildman–Crippen LogP) is 1.70. The molecule has 1 heterocycles. The molecule has 1 aliphatic carbocycles. The van der Waals surface area contributed by atoms with Crippen molar-refractivity contribution < 1.29 is 9.84 Å². The number of aliphatic hydroxyl groups is 1. The van der Waals surface area contributed by atoms with Crippen LogP contribution in [0.2, 0.25) is 0 Å². The molecule has 68 valence electrons. The Kier molecular flexibility index (Phi) is 2.09. The molecule has 0 radical (unpaired) electrons. The first-order valence-electron chi connectivity index (χ1n) is 4.77. The lowest BCUT2D eigenvalue weighted by Gasteiger charge is -2.18. The fourth-order valence-corrected chi connectivity index (χ4v) is 1.87. The van der Waals surface area contributed by atoms with Gasteiger partial charge in [-0.15, -0.1) is 0 Å². The van der Waals surface area contributed by atoms with E-state index in [9.17, 15) is 5.11 Å². The van der Waals surface area contributed by atoms with Crippen LogP contribution >= 0.6 is 0 Å². The minimum absolute atomic E-state index is 0.222. The molecular formula is C10H16O2. The average molecular weight is 168 g/mol. The topological polar surface area (TPSA) is 29.5 Å². The highest BCUT2D eigenvalue weighted by atomic mass is 16.5. The van der Waals surface area contributed by atoms with Crippen molar-refractivity contribution in [3.05, 3.63) is 11.8 Å². The molecule has 2 heteroatoms. The van der Waals surface area contributed by atoms with Crippen LogP contribution in [-0.4, -0.2) is 17.8 Å². The van der Waals surface area contributed by atoms with E-state index in [1.54, 1.807) is 6.26 Å². The zero-order chi connectivity index (χ0) is 8.55. The number of rotatable bonds is 2. The van der Waals surface area contributed by atoms with Crippen LogP contribution in [0.15, 0.2) is 11.8 Å². The number of ether oxygens (including phenoxy) is 1. The van der Waals surface area contributed by atoms with Crippen LogP contribution in [0.25, 0.3) is 0 Å². The maximum atomic E-state index is 9.84. The molecule has 1 fully saturated rings. The molecule has 2 aliphatic rings. The molecular weight excluding hydrogens is 152 g/mol. The molecule has 0 aromatic rings. The second kappa shape index (κ2) is 3.09. The Morgan fingerprint density at radius 2 is 2.42 bits per heavy atom. The maximum absolute atomic E-state index is 9.84. The molecule has 1 aliphatic heterocycles. The van der Waals surface area contributed by atoms with E-state index < -0.39 is 0 Å². The van der Waals surface area contributed by atoms with Crippen molar-refractivity contribution in [3.63, 3.8) is 0 Å². The van der Waals surface area contributed by atoms with Gasteiger partial charge in [-0.1, -0.05) is 6.92 Å². The second-order valence-corrected chi connectivity index (χ2v) is 3.99. The first-order valence-corrected chi connectivity index (χ1v) is 4.77. The molecule has 0 aromatic heterocycles. The Morgan fingerprint density at radius 1 is 1.67 bits per heavy atom. The summed E-state index contributed by atoms with van der Waals surface area (Å²) in [5, 5.41) is 9.84. The van der Waals surface area contributed by atoms with E-state index >= 15 is 0 Å². The van der Waals surface area contributed by atoms with Crippen LogP contribution in [0.5, 0.6) is 0 Å². The van der Waals surface area contributed by atoms with Gasteiger partial charge in [-0.25, -0.2) is 0 Å². The van der Waals surface area contributed by atoms with Crippen LogP contribution in [0.1, 0.15) is 26.2 Å². The largest absolute Gasteiger partial charge is 0.501 e. The lowest BCUT2D eigenvalue weighted by atomic mass is 10.0. The monoisotopic (exact) mass is 168 g/mol. The van der Waals surface area contributed by atoms with Gasteiger partial charge in [-0.2, -0.15) is 0 Å². The zero-order valence-corrected chi connectivity index (χ0v) is 7.49. The van der Waals surface area contributed by atoms with Crippen LogP contribution < -0.4 is 0 Å². The molecule has 0 aromatic carbocycles. The number of hydrogen-bond acceptors (Lipinski definition) is 2. The highest BCUT2D eigenvalue weighted by molar-refractivity contribution is 5.12. The lowest BCUT2D eigenvalue weighted by molar-refractivity contribution is 0.149. The normalized spacial score (nSPS) is 36.7. The Labute approximate surface area is 73.2 Å². The molecule has 12 heavy (non-hydrogen) atoms. The molecule has 0 saturated heterocycles. The summed E-state index contributed by atoms with van der Waals surface area (Å²) in [6.45, 7) is 3.01. The molecule has 2 rings (SSSR count). The molecule has 0 bridgehead atoms. The molecule has 1 saturated carbocycles. The summed E-state index contributed by atoms with van der Waals surface area (Å²) < 4.78 is 5.19. The van der Waals surface area contributed by atoms with Gasteiger partial charge in [0, 0.05) is 0 Å². The number of hydrogen-bond donors (Lipinski definition) is 1. The maximum Gasteiger partial charge on any atom is 0.0876 e. The van der Waals surface area contributed by atoms with Crippen molar-refractivity contribution in [1.29, 1.82) is 0 Å². The van der Waals surface area contributed by atoms with Gasteiger partial charge in [-0.3, -0.25) is 0 Å². The van der Waals surface area contributed by atoms with Gasteiger partial charge >= 0.3 is 0 Å².